The van der Waals surface area contributed by atoms with Crippen LogP contribution in [-0.4, -0.2) is 44.3 Å². The second-order valence-corrected chi connectivity index (χ2v) is 10.9. The molecule has 1 fully saturated rings. The van der Waals surface area contributed by atoms with Gasteiger partial charge in [-0.1, -0.05) is 13.0 Å². The quantitative estimate of drug-likeness (QED) is 0.643. The van der Waals surface area contributed by atoms with Crippen molar-refractivity contribution in [2.75, 3.05) is 25.0 Å². The molecule has 0 radical (unpaired) electrons. The van der Waals surface area contributed by atoms with Gasteiger partial charge < -0.3 is 10.1 Å². The van der Waals surface area contributed by atoms with Gasteiger partial charge in [0, 0.05) is 18.0 Å². The molecule has 1 N–H and O–H groups in total. The summed E-state index contributed by atoms with van der Waals surface area (Å²) >= 11 is 2.52. The van der Waals surface area contributed by atoms with Gasteiger partial charge in [0.25, 0.3) is 10.0 Å². The lowest BCUT2D eigenvalue weighted by atomic mass is 9.99. The van der Waals surface area contributed by atoms with Crippen LogP contribution in [0, 0.1) is 5.92 Å². The van der Waals surface area contributed by atoms with Gasteiger partial charge >= 0.3 is 5.97 Å². The summed E-state index contributed by atoms with van der Waals surface area (Å²) < 4.78 is 32.3. The van der Waals surface area contributed by atoms with E-state index < -0.39 is 21.9 Å². The first-order chi connectivity index (χ1) is 13.9. The normalized spacial score (nSPS) is 17.8. The van der Waals surface area contributed by atoms with E-state index in [2.05, 4.69) is 5.32 Å². The highest BCUT2D eigenvalue weighted by molar-refractivity contribution is 7.91. The molecule has 2 aromatic heterocycles. The number of hydrogen-bond donors (Lipinski definition) is 1. The second-order valence-electron chi connectivity index (χ2n) is 6.65. The predicted molar refractivity (Wildman–Crippen MR) is 114 cm³/mol. The first-order valence-electron chi connectivity index (χ1n) is 9.51. The minimum atomic E-state index is -3.59. The number of nitrogens with zero attached hydrogens (tertiary/aromatic N) is 1. The monoisotopic (exact) mass is 456 g/mol. The van der Waals surface area contributed by atoms with E-state index in [-0.39, 0.29) is 23.3 Å². The smallest absolute Gasteiger partial charge is 0.341 e. The fraction of sp³-hybridized carbons (Fsp3) is 0.474. The Bertz CT molecular complexity index is 966. The highest BCUT2D eigenvalue weighted by atomic mass is 32.2. The molecule has 158 valence electrons. The lowest BCUT2D eigenvalue weighted by Crippen LogP contribution is -2.43. The van der Waals surface area contributed by atoms with Crippen molar-refractivity contribution in [3.63, 3.8) is 0 Å². The van der Waals surface area contributed by atoms with E-state index in [1.165, 1.54) is 27.0 Å². The number of thiophene rings is 2. The molecule has 0 bridgehead atoms. The first-order valence-corrected chi connectivity index (χ1v) is 12.6. The molecular weight excluding hydrogens is 432 g/mol. The Labute approximate surface area is 178 Å². The number of amides is 1. The zero-order valence-electron chi connectivity index (χ0n) is 16.3. The van der Waals surface area contributed by atoms with E-state index in [9.17, 15) is 18.0 Å². The van der Waals surface area contributed by atoms with Crippen LogP contribution in [-0.2, 0) is 26.0 Å². The summed E-state index contributed by atoms with van der Waals surface area (Å²) in [5.41, 5.74) is 0.348. The number of sulfonamides is 1. The van der Waals surface area contributed by atoms with E-state index >= 15 is 0 Å². The van der Waals surface area contributed by atoms with E-state index in [0.717, 1.165) is 11.3 Å². The lowest BCUT2D eigenvalue weighted by molar-refractivity contribution is -0.120. The Hall–Kier alpha value is -1.75. The highest BCUT2D eigenvalue weighted by Gasteiger charge is 2.34. The van der Waals surface area contributed by atoms with Crippen LogP contribution < -0.4 is 5.32 Å². The summed E-state index contributed by atoms with van der Waals surface area (Å²) in [6, 6.07) is 5.02. The van der Waals surface area contributed by atoms with E-state index in [4.69, 9.17) is 4.74 Å². The topological polar surface area (TPSA) is 92.8 Å². The Kier molecular flexibility index (Phi) is 7.10. The average Bonchev–Trinajstić information content (AvgIpc) is 3.38. The number of rotatable bonds is 7. The van der Waals surface area contributed by atoms with Crippen LogP contribution in [0.1, 0.15) is 41.9 Å². The van der Waals surface area contributed by atoms with E-state index in [0.29, 0.717) is 30.0 Å². The molecule has 1 atom stereocenters. The molecule has 0 aromatic carbocycles. The predicted octanol–water partition coefficient (Wildman–Crippen LogP) is 3.59. The maximum Gasteiger partial charge on any atom is 0.341 e. The van der Waals surface area contributed by atoms with Crippen molar-refractivity contribution in [2.24, 2.45) is 5.92 Å². The van der Waals surface area contributed by atoms with Gasteiger partial charge in [-0.25, -0.2) is 13.2 Å². The van der Waals surface area contributed by atoms with Crippen LogP contribution >= 0.6 is 22.7 Å². The Morgan fingerprint density at radius 3 is 2.79 bits per heavy atom. The van der Waals surface area contributed by atoms with Gasteiger partial charge in [-0.2, -0.15) is 4.31 Å². The van der Waals surface area contributed by atoms with Crippen LogP contribution in [0.15, 0.2) is 27.8 Å². The summed E-state index contributed by atoms with van der Waals surface area (Å²) in [4.78, 5) is 26.1. The zero-order valence-corrected chi connectivity index (χ0v) is 18.8. The number of hydrogen-bond acceptors (Lipinski definition) is 7. The molecule has 1 amide bonds. The number of piperidine rings is 1. The van der Waals surface area contributed by atoms with Gasteiger partial charge in [0.05, 0.1) is 18.1 Å². The zero-order chi connectivity index (χ0) is 21.0. The van der Waals surface area contributed by atoms with Crippen molar-refractivity contribution in [3.05, 3.63) is 34.0 Å². The van der Waals surface area contributed by atoms with Gasteiger partial charge in [-0.15, -0.1) is 22.7 Å². The molecule has 10 heteroatoms. The standard InChI is InChI=1S/C19H24N2O5S3/c1-3-14-11-15(19(23)26-4-2)18(28-14)20-17(22)13-7-5-9-21(12-13)29(24,25)16-8-6-10-27-16/h6,8,10-11,13H,3-5,7,9,12H2,1-2H3,(H,20,22). The highest BCUT2D eigenvalue weighted by Crippen LogP contribution is 2.31. The lowest BCUT2D eigenvalue weighted by Gasteiger charge is -2.30. The maximum absolute atomic E-state index is 12.9. The first kappa shape index (κ1) is 21.9. The third-order valence-corrected chi connectivity index (χ3v) is 9.14. The van der Waals surface area contributed by atoms with Crippen LogP contribution in [0.5, 0.6) is 0 Å². The van der Waals surface area contributed by atoms with Gasteiger partial charge in [0.1, 0.15) is 9.21 Å². The van der Waals surface area contributed by atoms with E-state index in [1.54, 1.807) is 30.5 Å². The molecule has 1 saturated heterocycles. The van der Waals surface area contributed by atoms with Crippen LogP contribution in [0.2, 0.25) is 0 Å². The summed E-state index contributed by atoms with van der Waals surface area (Å²) in [6.07, 6.45) is 1.95. The summed E-state index contributed by atoms with van der Waals surface area (Å²) in [5, 5.41) is 5.02. The van der Waals surface area contributed by atoms with Gasteiger partial charge in [0.15, 0.2) is 0 Å². The number of anilines is 1. The van der Waals surface area contributed by atoms with Crippen LogP contribution in [0.3, 0.4) is 0 Å². The third-order valence-electron chi connectivity index (χ3n) is 4.71. The van der Waals surface area contributed by atoms with Crippen molar-refractivity contribution < 1.29 is 22.7 Å². The molecule has 0 aliphatic carbocycles. The van der Waals surface area contributed by atoms with Gasteiger partial charge in [-0.05, 0) is 43.7 Å². The minimum Gasteiger partial charge on any atom is -0.462 e. The minimum absolute atomic E-state index is 0.132. The molecule has 7 nitrogen and oxygen atoms in total. The summed E-state index contributed by atoms with van der Waals surface area (Å²) in [6.45, 7) is 4.49. The fourth-order valence-corrected chi connectivity index (χ4v) is 6.85. The van der Waals surface area contributed by atoms with E-state index in [1.807, 2.05) is 6.92 Å². The van der Waals surface area contributed by atoms with Gasteiger partial charge in [0.2, 0.25) is 5.91 Å². The molecule has 0 spiro atoms. The molecular formula is C19H24N2O5S3. The largest absolute Gasteiger partial charge is 0.462 e. The Balaban J connectivity index is 1.74. The number of carbonyl (C=O) groups is 2. The van der Waals surface area contributed by atoms with Crippen molar-refractivity contribution in [1.29, 1.82) is 0 Å². The number of ether oxygens (including phenoxy) is 1. The number of esters is 1. The molecule has 1 aliphatic heterocycles. The van der Waals surface area contributed by atoms with Gasteiger partial charge in [-0.3, -0.25) is 4.79 Å². The summed E-state index contributed by atoms with van der Waals surface area (Å²) in [5.74, 6) is -1.21. The maximum atomic E-state index is 12.9. The fourth-order valence-electron chi connectivity index (χ4n) is 3.20. The second kappa shape index (κ2) is 9.38. The van der Waals surface area contributed by atoms with Crippen molar-refractivity contribution >= 4 is 49.6 Å². The Morgan fingerprint density at radius 2 is 2.14 bits per heavy atom. The third kappa shape index (κ3) is 4.88. The summed E-state index contributed by atoms with van der Waals surface area (Å²) in [7, 11) is -3.59. The van der Waals surface area contributed by atoms with Crippen molar-refractivity contribution in [3.8, 4) is 0 Å². The molecule has 3 rings (SSSR count). The molecule has 29 heavy (non-hydrogen) atoms. The van der Waals surface area contributed by atoms with Crippen LogP contribution in [0.4, 0.5) is 5.00 Å². The molecule has 3 heterocycles. The number of nitrogens with one attached hydrogen (secondary N) is 1. The number of carbonyl (C=O) groups excluding carboxylic acids is 2. The van der Waals surface area contributed by atoms with Crippen molar-refractivity contribution in [1.82, 2.24) is 4.31 Å². The number of aryl methyl sites for hydroxylation is 1. The van der Waals surface area contributed by atoms with Crippen molar-refractivity contribution in [2.45, 2.75) is 37.3 Å². The Morgan fingerprint density at radius 1 is 1.34 bits per heavy atom. The SMILES string of the molecule is CCOC(=O)c1cc(CC)sc1NC(=O)C1CCCN(S(=O)(=O)c2cccs2)C1. The molecule has 1 aliphatic rings. The van der Waals surface area contributed by atoms with Crippen LogP contribution in [0.25, 0.3) is 0 Å². The molecule has 2 aromatic rings. The molecule has 0 saturated carbocycles. The average molecular weight is 457 g/mol. The molecule has 1 unspecified atom stereocenters.